The molecular formula is C13H13N5. The summed E-state index contributed by atoms with van der Waals surface area (Å²) in [5.74, 6) is 0. The van der Waals surface area contributed by atoms with E-state index in [9.17, 15) is 0 Å². The van der Waals surface area contributed by atoms with Crippen molar-refractivity contribution in [3.8, 4) is 0 Å². The molecule has 3 aromatic heterocycles. The van der Waals surface area contributed by atoms with Crippen LogP contribution in [0.15, 0.2) is 49.3 Å². The Balaban J connectivity index is 1.90. The smallest absolute Gasteiger partial charge is 0.0892 e. The second-order valence-electron chi connectivity index (χ2n) is 4.18. The molecule has 0 spiro atoms. The predicted octanol–water partition coefficient (Wildman–Crippen LogP) is 1.37. The molecule has 0 saturated heterocycles. The number of hydrogen-bond donors (Lipinski definition) is 1. The average molecular weight is 239 g/mol. The van der Waals surface area contributed by atoms with Gasteiger partial charge in [0.2, 0.25) is 0 Å². The Morgan fingerprint density at radius 3 is 2.89 bits per heavy atom. The minimum Gasteiger partial charge on any atom is -0.324 e. The maximum Gasteiger partial charge on any atom is 0.0892 e. The molecule has 3 aromatic rings. The lowest BCUT2D eigenvalue weighted by Gasteiger charge is -2.09. The molecule has 90 valence electrons. The van der Waals surface area contributed by atoms with Gasteiger partial charge in [0, 0.05) is 36.4 Å². The maximum absolute atomic E-state index is 6.23. The van der Waals surface area contributed by atoms with Gasteiger partial charge < -0.3 is 5.73 Å². The lowest BCUT2D eigenvalue weighted by Crippen LogP contribution is -2.13. The van der Waals surface area contributed by atoms with Gasteiger partial charge >= 0.3 is 0 Å². The minimum atomic E-state index is -0.101. The van der Waals surface area contributed by atoms with Crippen LogP contribution in [-0.4, -0.2) is 19.6 Å². The lowest BCUT2D eigenvalue weighted by molar-refractivity contribution is 0.725. The summed E-state index contributed by atoms with van der Waals surface area (Å²) in [6.07, 6.45) is 11.4. The molecule has 0 aliphatic rings. The summed E-state index contributed by atoms with van der Waals surface area (Å²) in [6, 6.07) is 3.84. The summed E-state index contributed by atoms with van der Waals surface area (Å²) < 4.78 is 1.78. The Morgan fingerprint density at radius 2 is 2.06 bits per heavy atom. The van der Waals surface area contributed by atoms with Gasteiger partial charge in [0.15, 0.2) is 0 Å². The van der Waals surface area contributed by atoms with Crippen molar-refractivity contribution in [2.45, 2.75) is 12.5 Å². The lowest BCUT2D eigenvalue weighted by atomic mass is 10.0. The third-order valence-electron chi connectivity index (χ3n) is 2.93. The third-order valence-corrected chi connectivity index (χ3v) is 2.93. The molecule has 0 bridgehead atoms. The molecule has 0 aromatic carbocycles. The summed E-state index contributed by atoms with van der Waals surface area (Å²) >= 11 is 0. The molecule has 1 unspecified atom stereocenters. The molecule has 18 heavy (non-hydrogen) atoms. The average Bonchev–Trinajstić information content (AvgIpc) is 2.84. The monoisotopic (exact) mass is 239 g/mol. The van der Waals surface area contributed by atoms with Crippen LogP contribution in [0.5, 0.6) is 0 Å². The van der Waals surface area contributed by atoms with Crippen molar-refractivity contribution < 1.29 is 0 Å². The zero-order chi connectivity index (χ0) is 12.4. The fraction of sp³-hybridized carbons (Fsp3) is 0.154. The molecule has 0 radical (unpaired) electrons. The fourth-order valence-corrected chi connectivity index (χ4v) is 2.02. The Hall–Kier alpha value is -2.27. The van der Waals surface area contributed by atoms with Gasteiger partial charge in [-0.3, -0.25) is 9.97 Å². The van der Waals surface area contributed by atoms with E-state index in [-0.39, 0.29) is 6.04 Å². The standard InChI is InChI=1S/C13H13N5/c14-12(6-10-2-1-3-15-7-10)11-8-17-18-5-4-16-9-13(11)18/h1-5,7-9,12H,6,14H2. The van der Waals surface area contributed by atoms with Crippen molar-refractivity contribution in [2.24, 2.45) is 5.73 Å². The number of fused-ring (bicyclic) bond motifs is 1. The number of nitrogens with zero attached hydrogens (tertiary/aromatic N) is 4. The first-order valence-corrected chi connectivity index (χ1v) is 5.76. The fourth-order valence-electron chi connectivity index (χ4n) is 2.02. The number of rotatable bonds is 3. The molecule has 2 N–H and O–H groups in total. The molecule has 3 heterocycles. The zero-order valence-electron chi connectivity index (χ0n) is 9.77. The normalized spacial score (nSPS) is 12.7. The van der Waals surface area contributed by atoms with E-state index in [2.05, 4.69) is 15.1 Å². The molecule has 1 atom stereocenters. The van der Waals surface area contributed by atoms with E-state index in [1.807, 2.05) is 24.5 Å². The van der Waals surface area contributed by atoms with Gasteiger partial charge in [-0.25, -0.2) is 4.52 Å². The highest BCUT2D eigenvalue weighted by Crippen LogP contribution is 2.19. The van der Waals surface area contributed by atoms with Crippen LogP contribution in [0.4, 0.5) is 0 Å². The van der Waals surface area contributed by atoms with Gasteiger partial charge in [0.05, 0.1) is 17.9 Å². The highest BCUT2D eigenvalue weighted by molar-refractivity contribution is 5.53. The van der Waals surface area contributed by atoms with E-state index >= 15 is 0 Å². The van der Waals surface area contributed by atoms with Gasteiger partial charge in [-0.1, -0.05) is 6.07 Å². The Kier molecular flexibility index (Phi) is 2.74. The molecule has 0 saturated carbocycles. The highest BCUT2D eigenvalue weighted by atomic mass is 15.2. The number of hydrogen-bond acceptors (Lipinski definition) is 4. The Labute approximate surface area is 104 Å². The summed E-state index contributed by atoms with van der Waals surface area (Å²) in [5, 5.41) is 4.26. The van der Waals surface area contributed by atoms with Crippen molar-refractivity contribution >= 4 is 5.52 Å². The van der Waals surface area contributed by atoms with Gasteiger partial charge in [0.1, 0.15) is 0 Å². The molecule has 0 aliphatic heterocycles. The van der Waals surface area contributed by atoms with E-state index in [4.69, 9.17) is 5.73 Å². The van der Waals surface area contributed by atoms with Crippen molar-refractivity contribution in [3.05, 3.63) is 60.4 Å². The van der Waals surface area contributed by atoms with Crippen LogP contribution in [0.25, 0.3) is 5.52 Å². The molecule has 0 fully saturated rings. The maximum atomic E-state index is 6.23. The summed E-state index contributed by atoms with van der Waals surface area (Å²) in [6.45, 7) is 0. The van der Waals surface area contributed by atoms with E-state index in [0.29, 0.717) is 0 Å². The van der Waals surface area contributed by atoms with Gasteiger partial charge in [-0.05, 0) is 18.1 Å². The van der Waals surface area contributed by atoms with E-state index in [0.717, 1.165) is 23.1 Å². The first kappa shape index (κ1) is 10.9. The molecule has 5 heteroatoms. The van der Waals surface area contributed by atoms with E-state index in [1.165, 1.54) is 0 Å². The first-order valence-electron chi connectivity index (χ1n) is 5.76. The largest absolute Gasteiger partial charge is 0.324 e. The zero-order valence-corrected chi connectivity index (χ0v) is 9.77. The number of nitrogens with two attached hydrogens (primary N) is 1. The van der Waals surface area contributed by atoms with Crippen LogP contribution in [0.3, 0.4) is 0 Å². The van der Waals surface area contributed by atoms with Crippen LogP contribution in [0.2, 0.25) is 0 Å². The van der Waals surface area contributed by atoms with Crippen LogP contribution >= 0.6 is 0 Å². The summed E-state index contributed by atoms with van der Waals surface area (Å²) in [4.78, 5) is 8.20. The topological polar surface area (TPSA) is 69.1 Å². The van der Waals surface area contributed by atoms with E-state index in [1.54, 1.807) is 29.3 Å². The van der Waals surface area contributed by atoms with Crippen molar-refractivity contribution in [1.82, 2.24) is 19.6 Å². The van der Waals surface area contributed by atoms with Gasteiger partial charge in [0.25, 0.3) is 0 Å². The molecule has 5 nitrogen and oxygen atoms in total. The van der Waals surface area contributed by atoms with Crippen LogP contribution in [0.1, 0.15) is 17.2 Å². The number of pyridine rings is 1. The summed E-state index contributed by atoms with van der Waals surface area (Å²) in [7, 11) is 0. The third kappa shape index (κ3) is 1.96. The second-order valence-corrected chi connectivity index (χ2v) is 4.18. The first-order chi connectivity index (χ1) is 8.84. The van der Waals surface area contributed by atoms with Crippen LogP contribution in [0, 0.1) is 0 Å². The van der Waals surface area contributed by atoms with E-state index < -0.39 is 0 Å². The summed E-state index contributed by atoms with van der Waals surface area (Å²) in [5.41, 5.74) is 9.31. The quantitative estimate of drug-likeness (QED) is 0.749. The minimum absolute atomic E-state index is 0.101. The van der Waals surface area contributed by atoms with Crippen LogP contribution < -0.4 is 5.73 Å². The highest BCUT2D eigenvalue weighted by Gasteiger charge is 2.12. The molecule has 0 amide bonds. The Morgan fingerprint density at radius 1 is 1.17 bits per heavy atom. The van der Waals surface area contributed by atoms with Gasteiger partial charge in [-0.2, -0.15) is 5.10 Å². The SMILES string of the molecule is NC(Cc1cccnc1)c1cnn2ccncc12. The predicted molar refractivity (Wildman–Crippen MR) is 67.9 cm³/mol. The van der Waals surface area contributed by atoms with Crippen molar-refractivity contribution in [1.29, 1.82) is 0 Å². The molecule has 3 rings (SSSR count). The van der Waals surface area contributed by atoms with Crippen LogP contribution in [-0.2, 0) is 6.42 Å². The second kappa shape index (κ2) is 4.54. The van der Waals surface area contributed by atoms with Crippen molar-refractivity contribution in [2.75, 3.05) is 0 Å². The molecule has 0 aliphatic carbocycles. The molecular weight excluding hydrogens is 226 g/mol. The Bertz CT molecular complexity index is 647. The van der Waals surface area contributed by atoms with Crippen molar-refractivity contribution in [3.63, 3.8) is 0 Å². The van der Waals surface area contributed by atoms with Gasteiger partial charge in [-0.15, -0.1) is 0 Å². The number of aromatic nitrogens is 4.